The highest BCUT2D eigenvalue weighted by Gasteiger charge is 2.43. The normalized spacial score (nSPS) is 13.7. The first-order valence-corrected chi connectivity index (χ1v) is 19.8. The lowest BCUT2D eigenvalue weighted by atomic mass is 9.93. The van der Waals surface area contributed by atoms with Crippen LogP contribution in [-0.4, -0.2) is 75.5 Å². The van der Waals surface area contributed by atoms with Gasteiger partial charge in [-0.2, -0.15) is 36.0 Å². The largest absolute Gasteiger partial charge is 0.471 e. The minimum absolute atomic E-state index is 0.000124. The van der Waals surface area contributed by atoms with Gasteiger partial charge in [0.1, 0.15) is 23.9 Å². The third-order valence-electron chi connectivity index (χ3n) is 9.39. The van der Waals surface area contributed by atoms with Crippen molar-refractivity contribution in [3.8, 4) is 39.8 Å². The number of rotatable bonds is 12. The van der Waals surface area contributed by atoms with E-state index in [0.29, 0.717) is 23.1 Å². The molecule has 0 saturated carbocycles. The van der Waals surface area contributed by atoms with Crippen LogP contribution in [-0.2, 0) is 27.5 Å². The van der Waals surface area contributed by atoms with Crippen molar-refractivity contribution in [1.29, 1.82) is 5.26 Å². The Morgan fingerprint density at radius 3 is 2.34 bits per heavy atom. The SMILES string of the molecule is N#Cc1cc(S(=O)(=O)Nc2ncns2)ccc1Oc1ccc(-c2cccc(C(F)(F)F)c2)cc1-c1ccnc(CN(CCC2CCN(C(=O)C(F)(F)F)CC2)C(=O)O)c1. The number of nitrogens with zero attached hydrogens (tertiary/aromatic N) is 6. The molecule has 59 heavy (non-hydrogen) atoms. The molecular weight excluding hydrogens is 829 g/mol. The number of anilines is 1. The number of benzene rings is 3. The van der Waals surface area contributed by atoms with Gasteiger partial charge in [0.15, 0.2) is 0 Å². The molecule has 0 unspecified atom stereocenters. The molecule has 1 aliphatic rings. The second-order valence-corrected chi connectivity index (χ2v) is 15.7. The van der Waals surface area contributed by atoms with E-state index < -0.39 is 39.9 Å². The van der Waals surface area contributed by atoms with Crippen LogP contribution in [0.4, 0.5) is 36.3 Å². The maximum atomic E-state index is 13.7. The molecule has 0 atom stereocenters. The van der Waals surface area contributed by atoms with Crippen LogP contribution >= 0.6 is 11.5 Å². The summed E-state index contributed by atoms with van der Waals surface area (Å²) in [6.45, 7) is -0.411. The van der Waals surface area contributed by atoms with Crippen LogP contribution < -0.4 is 9.46 Å². The van der Waals surface area contributed by atoms with Crippen molar-refractivity contribution in [3.63, 3.8) is 0 Å². The van der Waals surface area contributed by atoms with E-state index >= 15 is 0 Å². The smallest absolute Gasteiger partial charge is 0.465 e. The number of carbonyl (C=O) groups excluding carboxylic acids is 1. The predicted octanol–water partition coefficient (Wildman–Crippen LogP) is 8.42. The minimum atomic E-state index is -4.98. The molecule has 1 fully saturated rings. The predicted molar refractivity (Wildman–Crippen MR) is 200 cm³/mol. The zero-order valence-electron chi connectivity index (χ0n) is 30.4. The summed E-state index contributed by atoms with van der Waals surface area (Å²) in [5.74, 6) is -2.00. The Kier molecular flexibility index (Phi) is 12.4. The molecule has 5 aromatic rings. The lowest BCUT2D eigenvalue weighted by molar-refractivity contribution is -0.186. The summed E-state index contributed by atoms with van der Waals surface area (Å²) in [5, 5.41) is 20.0. The van der Waals surface area contributed by atoms with E-state index in [-0.39, 0.29) is 83.3 Å². The number of carbonyl (C=O) groups is 2. The highest BCUT2D eigenvalue weighted by atomic mass is 32.2. The molecule has 0 bridgehead atoms. The van der Waals surface area contributed by atoms with Crippen molar-refractivity contribution in [3.05, 3.63) is 102 Å². The molecule has 21 heteroatoms. The van der Waals surface area contributed by atoms with Gasteiger partial charge in [0.2, 0.25) is 5.13 Å². The topological polar surface area (TPSA) is 179 Å². The number of pyridine rings is 1. The van der Waals surface area contributed by atoms with E-state index in [0.717, 1.165) is 45.9 Å². The van der Waals surface area contributed by atoms with Gasteiger partial charge in [-0.3, -0.25) is 14.5 Å². The number of aromatic nitrogens is 3. The quantitative estimate of drug-likeness (QED) is 0.116. The summed E-state index contributed by atoms with van der Waals surface area (Å²) in [5.41, 5.74) is 0.448. The Morgan fingerprint density at radius 1 is 0.949 bits per heavy atom. The molecule has 1 saturated heterocycles. The third kappa shape index (κ3) is 10.4. The van der Waals surface area contributed by atoms with Crippen LogP contribution in [0, 0.1) is 17.2 Å². The molecule has 0 aliphatic carbocycles. The number of hydrogen-bond donors (Lipinski definition) is 2. The number of carboxylic acid groups (broad SMARTS) is 1. The first-order valence-electron chi connectivity index (χ1n) is 17.5. The van der Waals surface area contributed by atoms with Gasteiger partial charge in [-0.1, -0.05) is 18.2 Å². The first-order chi connectivity index (χ1) is 27.9. The number of nitriles is 1. The van der Waals surface area contributed by atoms with Crippen LogP contribution in [0.2, 0.25) is 0 Å². The minimum Gasteiger partial charge on any atom is -0.465 e. The zero-order valence-corrected chi connectivity index (χ0v) is 32.0. The van der Waals surface area contributed by atoms with E-state index in [1.54, 1.807) is 18.2 Å². The molecule has 0 radical (unpaired) electrons. The molecule has 2 aromatic heterocycles. The van der Waals surface area contributed by atoms with Gasteiger partial charge in [0, 0.05) is 42.9 Å². The Bertz CT molecular complexity index is 2490. The Morgan fingerprint density at radius 2 is 1.68 bits per heavy atom. The van der Waals surface area contributed by atoms with Crippen LogP contribution in [0.3, 0.4) is 0 Å². The number of sulfonamides is 1. The molecule has 6 rings (SSSR count). The monoisotopic (exact) mass is 859 g/mol. The molecule has 2 N–H and O–H groups in total. The number of alkyl halides is 6. The van der Waals surface area contributed by atoms with Gasteiger partial charge >= 0.3 is 24.4 Å². The van der Waals surface area contributed by atoms with Crippen LogP contribution in [0.25, 0.3) is 22.3 Å². The van der Waals surface area contributed by atoms with Crippen LogP contribution in [0.15, 0.2) is 90.2 Å². The van der Waals surface area contributed by atoms with Gasteiger partial charge in [-0.15, -0.1) is 0 Å². The van der Waals surface area contributed by atoms with Crippen molar-refractivity contribution in [2.45, 2.75) is 43.1 Å². The fourth-order valence-electron chi connectivity index (χ4n) is 6.37. The van der Waals surface area contributed by atoms with Crippen molar-refractivity contribution in [2.24, 2.45) is 5.92 Å². The van der Waals surface area contributed by atoms with Crippen molar-refractivity contribution in [2.75, 3.05) is 24.4 Å². The maximum Gasteiger partial charge on any atom is 0.471 e. The van der Waals surface area contributed by atoms with Crippen molar-refractivity contribution in [1.82, 2.24) is 24.1 Å². The van der Waals surface area contributed by atoms with Gasteiger partial charge in [0.25, 0.3) is 10.0 Å². The van der Waals surface area contributed by atoms with Gasteiger partial charge in [0.05, 0.1) is 28.3 Å². The second kappa shape index (κ2) is 17.3. The van der Waals surface area contributed by atoms with Crippen LogP contribution in [0.5, 0.6) is 11.5 Å². The Hall–Kier alpha value is -6.27. The summed E-state index contributed by atoms with van der Waals surface area (Å²) < 4.78 is 118. The molecule has 3 heterocycles. The van der Waals surface area contributed by atoms with E-state index in [9.17, 15) is 54.7 Å². The second-order valence-electron chi connectivity index (χ2n) is 13.3. The summed E-state index contributed by atoms with van der Waals surface area (Å²) >= 11 is 0.802. The molecule has 13 nitrogen and oxygen atoms in total. The average Bonchev–Trinajstić information content (AvgIpc) is 3.71. The van der Waals surface area contributed by atoms with Crippen molar-refractivity contribution < 1.29 is 54.2 Å². The maximum absolute atomic E-state index is 13.7. The first kappa shape index (κ1) is 42.3. The van der Waals surface area contributed by atoms with Crippen LogP contribution in [0.1, 0.15) is 36.1 Å². The van der Waals surface area contributed by atoms with E-state index in [1.165, 1.54) is 42.6 Å². The average molecular weight is 860 g/mol. The van der Waals surface area contributed by atoms with Crippen molar-refractivity contribution >= 4 is 38.7 Å². The highest BCUT2D eigenvalue weighted by Crippen LogP contribution is 2.40. The number of halogens is 6. The molecule has 2 amide bonds. The number of ether oxygens (including phenoxy) is 1. The summed E-state index contributed by atoms with van der Waals surface area (Å²) in [7, 11) is -4.18. The highest BCUT2D eigenvalue weighted by molar-refractivity contribution is 7.93. The Balaban J connectivity index is 1.28. The third-order valence-corrected chi connectivity index (χ3v) is 11.4. The van der Waals surface area contributed by atoms with Gasteiger partial charge in [-0.05, 0) is 96.5 Å². The fourth-order valence-corrected chi connectivity index (χ4v) is 8.06. The standard InChI is InChI=1S/C38H31F6N7O6S2/c39-37(40,41)28-3-1-2-24(16-28)25-4-6-33(57-32-7-5-30(18-27(32)20-45)59(55,56)49-35-47-22-48-58-35)31(19-25)26-8-12-46-29(17-26)21-51(36(53)54)15-11-23-9-13-50(14-10-23)34(52)38(42,43)44/h1-8,12,16-19,22-23H,9-11,13-15,21H2,(H,53,54)(H,47,48,49). The molecule has 3 aromatic carbocycles. The fraction of sp³-hybridized carbons (Fsp3) is 0.263. The lowest BCUT2D eigenvalue weighted by Crippen LogP contribution is -2.45. The van der Waals surface area contributed by atoms with Gasteiger partial charge < -0.3 is 19.6 Å². The number of hydrogen-bond acceptors (Lipinski definition) is 10. The number of piperidine rings is 1. The van der Waals surface area contributed by atoms with E-state index in [4.69, 9.17) is 4.74 Å². The summed E-state index contributed by atoms with van der Waals surface area (Å²) in [6.07, 6.45) is -7.48. The summed E-state index contributed by atoms with van der Waals surface area (Å²) in [4.78, 5) is 33.6. The molecule has 0 spiro atoms. The van der Waals surface area contributed by atoms with E-state index in [2.05, 4.69) is 19.1 Å². The lowest BCUT2D eigenvalue weighted by Gasteiger charge is -2.33. The molecular formula is C38H31F6N7O6S2. The summed E-state index contributed by atoms with van der Waals surface area (Å²) in [6, 6.07) is 17.7. The Labute approximate surface area is 336 Å². The zero-order chi connectivity index (χ0) is 42.5. The number of nitrogens with one attached hydrogen (secondary N) is 1. The van der Waals surface area contributed by atoms with Gasteiger partial charge in [-0.25, -0.2) is 18.2 Å². The number of amides is 2. The van der Waals surface area contributed by atoms with E-state index in [1.807, 2.05) is 6.07 Å². The molecule has 308 valence electrons. The molecule has 1 aliphatic heterocycles. The number of likely N-dealkylation sites (tertiary alicyclic amines) is 1.